The third-order valence-electron chi connectivity index (χ3n) is 5.07. The molecule has 3 rings (SSSR count). The highest BCUT2D eigenvalue weighted by Crippen LogP contribution is 2.18. The zero-order valence-corrected chi connectivity index (χ0v) is 19.4. The monoisotopic (exact) mass is 470 g/mol. The smallest absolute Gasteiger partial charge is 0.339 e. The molecule has 2 aromatic carbocycles. The number of hydrogen-bond donors (Lipinski definition) is 2. The number of esters is 1. The van der Waals surface area contributed by atoms with Crippen molar-refractivity contribution in [2.24, 2.45) is 0 Å². The summed E-state index contributed by atoms with van der Waals surface area (Å²) in [4.78, 5) is 25.1. The van der Waals surface area contributed by atoms with Gasteiger partial charge >= 0.3 is 5.97 Å². The first-order chi connectivity index (χ1) is 15.7. The second kappa shape index (κ2) is 10.5. The number of amides is 1. The molecular weight excluding hydrogens is 444 g/mol. The molecule has 0 bridgehead atoms. The van der Waals surface area contributed by atoms with Crippen LogP contribution in [0.1, 0.15) is 47.1 Å². The van der Waals surface area contributed by atoms with Crippen LogP contribution in [-0.4, -0.2) is 26.4 Å². The van der Waals surface area contributed by atoms with Crippen LogP contribution in [0.2, 0.25) is 0 Å². The molecule has 3 aromatic rings. The van der Waals surface area contributed by atoms with Gasteiger partial charge < -0.3 is 14.5 Å². The minimum atomic E-state index is -3.90. The van der Waals surface area contributed by atoms with Gasteiger partial charge in [0.15, 0.2) is 6.10 Å². The lowest BCUT2D eigenvalue weighted by Gasteiger charge is -2.19. The van der Waals surface area contributed by atoms with Crippen molar-refractivity contribution >= 4 is 21.9 Å². The fourth-order valence-electron chi connectivity index (χ4n) is 3.08. The molecule has 8 nitrogen and oxygen atoms in total. The summed E-state index contributed by atoms with van der Waals surface area (Å²) in [7, 11) is -3.90. The molecule has 9 heteroatoms. The van der Waals surface area contributed by atoms with Crippen LogP contribution >= 0.6 is 0 Å². The van der Waals surface area contributed by atoms with Crippen LogP contribution in [0.3, 0.4) is 0 Å². The molecule has 2 unspecified atom stereocenters. The van der Waals surface area contributed by atoms with Crippen molar-refractivity contribution in [1.82, 2.24) is 10.0 Å². The lowest BCUT2D eigenvalue weighted by molar-refractivity contribution is -0.129. The maximum absolute atomic E-state index is 12.7. The third kappa shape index (κ3) is 6.30. The lowest BCUT2D eigenvalue weighted by Crippen LogP contribution is -2.37. The lowest BCUT2D eigenvalue weighted by atomic mass is 10.1. The van der Waals surface area contributed by atoms with Crippen LogP contribution in [0.4, 0.5) is 0 Å². The van der Waals surface area contributed by atoms with Gasteiger partial charge in [0.1, 0.15) is 5.76 Å². The number of sulfonamides is 1. The average molecular weight is 471 g/mol. The second-order valence-corrected chi connectivity index (χ2v) is 9.34. The number of rotatable bonds is 9. The van der Waals surface area contributed by atoms with Gasteiger partial charge in [-0.3, -0.25) is 4.79 Å². The minimum absolute atomic E-state index is 0.0280. The summed E-state index contributed by atoms with van der Waals surface area (Å²) in [6, 6.07) is 16.6. The quantitative estimate of drug-likeness (QED) is 0.463. The van der Waals surface area contributed by atoms with Crippen molar-refractivity contribution in [3.8, 4) is 0 Å². The van der Waals surface area contributed by atoms with Gasteiger partial charge in [0.25, 0.3) is 5.91 Å². The van der Waals surface area contributed by atoms with E-state index in [0.29, 0.717) is 11.3 Å². The average Bonchev–Trinajstić information content (AvgIpc) is 3.32. The molecule has 1 amide bonds. The van der Waals surface area contributed by atoms with E-state index < -0.39 is 28.0 Å². The van der Waals surface area contributed by atoms with E-state index in [1.165, 1.54) is 31.4 Å². The number of carbonyl (C=O) groups excluding carboxylic acids is 2. The molecule has 2 N–H and O–H groups in total. The fraction of sp³-hybridized carbons (Fsp3) is 0.250. The van der Waals surface area contributed by atoms with Crippen LogP contribution in [0.5, 0.6) is 0 Å². The highest BCUT2D eigenvalue weighted by Gasteiger charge is 2.24. The van der Waals surface area contributed by atoms with Gasteiger partial charge in [0.05, 0.1) is 29.3 Å². The molecule has 0 aliphatic carbocycles. The summed E-state index contributed by atoms with van der Waals surface area (Å²) >= 11 is 0. The third-order valence-corrected chi connectivity index (χ3v) is 6.47. The van der Waals surface area contributed by atoms with E-state index >= 15 is 0 Å². The van der Waals surface area contributed by atoms with Crippen LogP contribution < -0.4 is 10.0 Å². The normalized spacial score (nSPS) is 13.2. The predicted molar refractivity (Wildman–Crippen MR) is 122 cm³/mol. The Labute approximate surface area is 193 Å². The van der Waals surface area contributed by atoms with Gasteiger partial charge in [-0.1, -0.05) is 36.4 Å². The Balaban J connectivity index is 1.67. The predicted octanol–water partition coefficient (Wildman–Crippen LogP) is 3.49. The molecule has 174 valence electrons. The zero-order valence-electron chi connectivity index (χ0n) is 18.6. The number of aryl methyl sites for hydroxylation is 1. The zero-order chi connectivity index (χ0) is 24.0. The Morgan fingerprint density at radius 3 is 2.42 bits per heavy atom. The van der Waals surface area contributed by atoms with E-state index in [4.69, 9.17) is 9.15 Å². The molecule has 1 heterocycles. The first-order valence-corrected chi connectivity index (χ1v) is 11.8. The Morgan fingerprint density at radius 2 is 1.76 bits per heavy atom. The van der Waals surface area contributed by atoms with Gasteiger partial charge in [-0.25, -0.2) is 17.9 Å². The summed E-state index contributed by atoms with van der Waals surface area (Å²) in [6.45, 7) is 4.92. The van der Waals surface area contributed by atoms with Crippen LogP contribution in [0.25, 0.3) is 0 Å². The number of ether oxygens (including phenoxy) is 1. The maximum Gasteiger partial charge on any atom is 0.339 e. The standard InChI is InChI=1S/C24H26N2O6S/c1-16-11-12-21(33(29,30)25-15-20-10-7-13-31-20)14-22(16)24(28)32-18(3)23(27)26-17(2)19-8-5-4-6-9-19/h4-14,17-18,25H,15H2,1-3H3,(H,26,27). The van der Waals surface area contributed by atoms with Gasteiger partial charge in [-0.2, -0.15) is 0 Å². The molecule has 0 aliphatic heterocycles. The summed E-state index contributed by atoms with van der Waals surface area (Å²) in [5, 5.41) is 2.80. The molecule has 1 aromatic heterocycles. The Hall–Kier alpha value is -3.43. The molecule has 2 atom stereocenters. The van der Waals surface area contributed by atoms with Crippen LogP contribution in [0.15, 0.2) is 76.2 Å². The van der Waals surface area contributed by atoms with Crippen LogP contribution in [-0.2, 0) is 26.1 Å². The summed E-state index contributed by atoms with van der Waals surface area (Å²) in [6.07, 6.45) is 0.377. The van der Waals surface area contributed by atoms with Gasteiger partial charge in [0, 0.05) is 0 Å². The molecule has 0 aliphatic rings. The molecule has 0 fully saturated rings. The number of benzene rings is 2. The molecular formula is C24H26N2O6S. The number of furan rings is 1. The topological polar surface area (TPSA) is 115 Å². The number of carbonyl (C=O) groups is 2. The van der Waals surface area contributed by atoms with Crippen molar-refractivity contribution in [2.45, 2.75) is 44.4 Å². The summed E-state index contributed by atoms with van der Waals surface area (Å²) < 4.78 is 38.1. The van der Waals surface area contributed by atoms with Crippen molar-refractivity contribution in [3.05, 3.63) is 89.4 Å². The van der Waals surface area contributed by atoms with Crippen molar-refractivity contribution < 1.29 is 27.2 Å². The van der Waals surface area contributed by atoms with Gasteiger partial charge in [0.2, 0.25) is 10.0 Å². The number of nitrogens with one attached hydrogen (secondary N) is 2. The first-order valence-electron chi connectivity index (χ1n) is 10.4. The van der Waals surface area contributed by atoms with Crippen molar-refractivity contribution in [3.63, 3.8) is 0 Å². The summed E-state index contributed by atoms with van der Waals surface area (Å²) in [5.74, 6) is -0.790. The van der Waals surface area contributed by atoms with E-state index in [1.807, 2.05) is 37.3 Å². The molecule has 0 saturated carbocycles. The van der Waals surface area contributed by atoms with Crippen molar-refractivity contribution in [2.75, 3.05) is 0 Å². The maximum atomic E-state index is 12.7. The molecule has 0 saturated heterocycles. The Bertz CT molecular complexity index is 1210. The van der Waals surface area contributed by atoms with E-state index in [2.05, 4.69) is 10.0 Å². The minimum Gasteiger partial charge on any atom is -0.468 e. The van der Waals surface area contributed by atoms with Gasteiger partial charge in [-0.05, 0) is 56.2 Å². The first kappa shape index (κ1) is 24.2. The SMILES string of the molecule is Cc1ccc(S(=O)(=O)NCc2ccco2)cc1C(=O)OC(C)C(=O)NC(C)c1ccccc1. The molecule has 0 radical (unpaired) electrons. The van der Waals surface area contributed by atoms with Crippen molar-refractivity contribution in [1.29, 1.82) is 0 Å². The van der Waals surface area contributed by atoms with E-state index in [-0.39, 0.29) is 23.0 Å². The highest BCUT2D eigenvalue weighted by atomic mass is 32.2. The Morgan fingerprint density at radius 1 is 1.03 bits per heavy atom. The highest BCUT2D eigenvalue weighted by molar-refractivity contribution is 7.89. The largest absolute Gasteiger partial charge is 0.468 e. The fourth-order valence-corrected chi connectivity index (χ4v) is 4.10. The van der Waals surface area contributed by atoms with Gasteiger partial charge in [-0.15, -0.1) is 0 Å². The van der Waals surface area contributed by atoms with Crippen LogP contribution in [0, 0.1) is 6.92 Å². The van der Waals surface area contributed by atoms with E-state index in [1.54, 1.807) is 19.1 Å². The van der Waals surface area contributed by atoms with E-state index in [9.17, 15) is 18.0 Å². The molecule has 33 heavy (non-hydrogen) atoms. The van der Waals surface area contributed by atoms with E-state index in [0.717, 1.165) is 5.56 Å². The molecule has 0 spiro atoms. The Kier molecular flexibility index (Phi) is 7.67. The summed E-state index contributed by atoms with van der Waals surface area (Å²) in [5.41, 5.74) is 1.50. The number of hydrogen-bond acceptors (Lipinski definition) is 6. The second-order valence-electron chi connectivity index (χ2n) is 7.57.